The van der Waals surface area contributed by atoms with Crippen LogP contribution in [0.25, 0.3) is 0 Å². The third kappa shape index (κ3) is 3.30. The molecule has 8 heteroatoms. The van der Waals surface area contributed by atoms with Crippen LogP contribution >= 0.6 is 0 Å². The summed E-state index contributed by atoms with van der Waals surface area (Å²) in [6, 6.07) is 1.48. The van der Waals surface area contributed by atoms with Crippen LogP contribution in [0, 0.1) is 0 Å². The molecule has 0 radical (unpaired) electrons. The van der Waals surface area contributed by atoms with Gasteiger partial charge in [0.05, 0.1) is 11.5 Å². The Balaban J connectivity index is 2.09. The lowest BCUT2D eigenvalue weighted by Crippen LogP contribution is -2.21. The Kier molecular flexibility index (Phi) is 3.67. The second-order valence-corrected chi connectivity index (χ2v) is 6.50. The number of ether oxygens (including phenoxy) is 1. The van der Waals surface area contributed by atoms with E-state index in [1.807, 2.05) is 0 Å². The summed E-state index contributed by atoms with van der Waals surface area (Å²) in [6.07, 6.45) is 0.589. The first-order valence-electron chi connectivity index (χ1n) is 5.58. The molecule has 1 aliphatic rings. The van der Waals surface area contributed by atoms with Crippen LogP contribution in [0.4, 0.5) is 11.6 Å². The molecule has 0 saturated carbocycles. The fourth-order valence-corrected chi connectivity index (χ4v) is 3.58. The van der Waals surface area contributed by atoms with Gasteiger partial charge in [0.25, 0.3) is 0 Å². The first-order valence-corrected chi connectivity index (χ1v) is 7.40. The molecule has 1 aromatic heterocycles. The monoisotopic (exact) mass is 272 g/mol. The van der Waals surface area contributed by atoms with E-state index in [0.717, 1.165) is 0 Å². The van der Waals surface area contributed by atoms with Gasteiger partial charge in [0.15, 0.2) is 15.7 Å². The third-order valence-corrected chi connectivity index (χ3v) is 4.42. The summed E-state index contributed by atoms with van der Waals surface area (Å²) in [5.74, 6) is 1.70. The number of nitrogen functional groups attached to an aromatic ring is 1. The number of hydrogen-bond acceptors (Lipinski definition) is 7. The number of rotatable bonds is 4. The highest BCUT2D eigenvalue weighted by atomic mass is 32.2. The molecule has 2 rings (SSSR count). The Morgan fingerprint density at radius 2 is 2.33 bits per heavy atom. The number of nitrogens with one attached hydrogen (secondary N) is 1. The van der Waals surface area contributed by atoms with Crippen LogP contribution in [0.3, 0.4) is 0 Å². The van der Waals surface area contributed by atoms with Gasteiger partial charge in [-0.15, -0.1) is 0 Å². The largest absolute Gasteiger partial charge is 0.384 e. The Morgan fingerprint density at radius 3 is 2.94 bits per heavy atom. The lowest BCUT2D eigenvalue weighted by molar-refractivity contribution is 0.178. The van der Waals surface area contributed by atoms with Crippen molar-refractivity contribution in [3.8, 4) is 0 Å². The van der Waals surface area contributed by atoms with Gasteiger partial charge in [0.1, 0.15) is 18.2 Å². The maximum absolute atomic E-state index is 11.4. The van der Waals surface area contributed by atoms with Gasteiger partial charge in [0, 0.05) is 19.2 Å². The fraction of sp³-hybridized carbons (Fsp3) is 0.600. The first kappa shape index (κ1) is 13.0. The van der Waals surface area contributed by atoms with E-state index < -0.39 is 9.84 Å². The van der Waals surface area contributed by atoms with E-state index in [-0.39, 0.29) is 24.2 Å². The summed E-state index contributed by atoms with van der Waals surface area (Å²) in [7, 11) is -1.36. The molecular weight excluding hydrogens is 256 g/mol. The van der Waals surface area contributed by atoms with Crippen molar-refractivity contribution >= 4 is 21.5 Å². The molecular formula is C10H16N4O3S. The van der Waals surface area contributed by atoms with Crippen molar-refractivity contribution < 1.29 is 13.2 Å². The Morgan fingerprint density at radius 1 is 1.56 bits per heavy atom. The van der Waals surface area contributed by atoms with Crippen LogP contribution < -0.4 is 11.1 Å². The molecule has 0 bridgehead atoms. The highest BCUT2D eigenvalue weighted by Crippen LogP contribution is 2.17. The van der Waals surface area contributed by atoms with Crippen molar-refractivity contribution in [3.63, 3.8) is 0 Å². The minimum absolute atomic E-state index is 0.111. The molecule has 7 nitrogen and oxygen atoms in total. The van der Waals surface area contributed by atoms with E-state index in [1.54, 1.807) is 13.2 Å². The van der Waals surface area contributed by atoms with E-state index in [9.17, 15) is 8.42 Å². The Bertz CT molecular complexity index is 532. The second kappa shape index (κ2) is 5.07. The predicted octanol–water partition coefficient (Wildman–Crippen LogP) is -0.196. The summed E-state index contributed by atoms with van der Waals surface area (Å²) < 4.78 is 27.6. The number of methoxy groups -OCH3 is 1. The standard InChI is InChI=1S/C10H16N4O3S/c1-17-5-10-13-8(11)4-9(14-10)12-7-2-3-18(15,16)6-7/h4,7H,2-3,5-6H2,1H3,(H3,11,12,13,14). The number of aromatic nitrogens is 2. The summed E-state index contributed by atoms with van der Waals surface area (Å²) >= 11 is 0. The summed E-state index contributed by atoms with van der Waals surface area (Å²) in [5, 5.41) is 3.07. The van der Waals surface area contributed by atoms with Gasteiger partial charge >= 0.3 is 0 Å². The molecule has 100 valence electrons. The van der Waals surface area contributed by atoms with Crippen LogP contribution in [0.15, 0.2) is 6.07 Å². The fourth-order valence-electron chi connectivity index (χ4n) is 1.90. The van der Waals surface area contributed by atoms with Crippen LogP contribution in [0.2, 0.25) is 0 Å². The predicted molar refractivity (Wildman–Crippen MR) is 67.8 cm³/mol. The molecule has 1 atom stereocenters. The molecule has 3 N–H and O–H groups in total. The van der Waals surface area contributed by atoms with Crippen molar-refractivity contribution in [1.82, 2.24) is 9.97 Å². The number of nitrogens with zero attached hydrogens (tertiary/aromatic N) is 2. The smallest absolute Gasteiger partial charge is 0.158 e. The molecule has 1 unspecified atom stereocenters. The molecule has 0 spiro atoms. The van der Waals surface area contributed by atoms with Crippen LogP contribution in [-0.4, -0.2) is 43.0 Å². The maximum atomic E-state index is 11.4. The van der Waals surface area contributed by atoms with Crippen LogP contribution in [-0.2, 0) is 21.2 Å². The highest BCUT2D eigenvalue weighted by Gasteiger charge is 2.28. The number of nitrogens with two attached hydrogens (primary N) is 1. The molecule has 18 heavy (non-hydrogen) atoms. The molecule has 1 fully saturated rings. The van der Waals surface area contributed by atoms with E-state index in [1.165, 1.54) is 0 Å². The van der Waals surface area contributed by atoms with Crippen LogP contribution in [0.5, 0.6) is 0 Å². The normalized spacial score (nSPS) is 21.9. The first-order chi connectivity index (χ1) is 8.48. The maximum Gasteiger partial charge on any atom is 0.158 e. The van der Waals surface area contributed by atoms with E-state index in [4.69, 9.17) is 10.5 Å². The summed E-state index contributed by atoms with van der Waals surface area (Å²) in [6.45, 7) is 0.267. The zero-order valence-corrected chi connectivity index (χ0v) is 10.9. The SMILES string of the molecule is COCc1nc(N)cc(NC2CCS(=O)(=O)C2)n1. The average molecular weight is 272 g/mol. The van der Waals surface area contributed by atoms with Gasteiger partial charge in [-0.25, -0.2) is 18.4 Å². The van der Waals surface area contributed by atoms with Crippen LogP contribution in [0.1, 0.15) is 12.2 Å². The molecule has 2 heterocycles. The van der Waals surface area contributed by atoms with Gasteiger partial charge in [-0.1, -0.05) is 0 Å². The molecule has 0 amide bonds. The number of sulfone groups is 1. The van der Waals surface area contributed by atoms with E-state index in [2.05, 4.69) is 15.3 Å². The van der Waals surface area contributed by atoms with Gasteiger partial charge in [-0.05, 0) is 6.42 Å². The summed E-state index contributed by atoms with van der Waals surface area (Å²) in [4.78, 5) is 8.22. The van der Waals surface area contributed by atoms with E-state index >= 15 is 0 Å². The topological polar surface area (TPSA) is 107 Å². The number of hydrogen-bond donors (Lipinski definition) is 2. The second-order valence-electron chi connectivity index (χ2n) is 4.27. The summed E-state index contributed by atoms with van der Waals surface area (Å²) in [5.41, 5.74) is 5.65. The Hall–Kier alpha value is -1.41. The van der Waals surface area contributed by atoms with Gasteiger partial charge in [-0.2, -0.15) is 0 Å². The van der Waals surface area contributed by atoms with Gasteiger partial charge in [0.2, 0.25) is 0 Å². The molecule has 1 saturated heterocycles. The lowest BCUT2D eigenvalue weighted by Gasteiger charge is -2.12. The lowest BCUT2D eigenvalue weighted by atomic mass is 10.2. The minimum atomic E-state index is -2.91. The molecule has 0 aliphatic carbocycles. The average Bonchev–Trinajstić information content (AvgIpc) is 2.57. The van der Waals surface area contributed by atoms with E-state index in [0.29, 0.717) is 23.9 Å². The van der Waals surface area contributed by atoms with Crippen molar-refractivity contribution in [1.29, 1.82) is 0 Å². The zero-order valence-electron chi connectivity index (χ0n) is 10.1. The van der Waals surface area contributed by atoms with Crippen molar-refractivity contribution in [2.45, 2.75) is 19.1 Å². The van der Waals surface area contributed by atoms with Crippen molar-refractivity contribution in [2.24, 2.45) is 0 Å². The Labute approximate surface area is 106 Å². The van der Waals surface area contributed by atoms with Gasteiger partial charge in [-0.3, -0.25) is 0 Å². The molecule has 1 aromatic rings. The third-order valence-electron chi connectivity index (χ3n) is 2.65. The highest BCUT2D eigenvalue weighted by molar-refractivity contribution is 7.91. The molecule has 1 aliphatic heterocycles. The van der Waals surface area contributed by atoms with Crippen molar-refractivity contribution in [2.75, 3.05) is 29.7 Å². The molecule has 0 aromatic carbocycles. The quantitative estimate of drug-likeness (QED) is 0.781. The van der Waals surface area contributed by atoms with Gasteiger partial charge < -0.3 is 15.8 Å². The van der Waals surface area contributed by atoms with Crippen molar-refractivity contribution in [3.05, 3.63) is 11.9 Å². The zero-order chi connectivity index (χ0) is 13.2. The number of anilines is 2. The minimum Gasteiger partial charge on any atom is -0.384 e.